The molecule has 0 aromatic rings. The smallest absolute Gasteiger partial charge is 0.384 e. The molecule has 3 heteroatoms. The average Bonchev–Trinajstić information content (AvgIpc) is 2.52. The van der Waals surface area contributed by atoms with Crippen LogP contribution in [0.2, 0.25) is 5.54 Å². The average molecular weight is 242 g/mol. The van der Waals surface area contributed by atoms with Gasteiger partial charge in [-0.15, -0.1) is 0 Å². The number of allylic oxidation sites excluding steroid dienone is 1. The molecule has 1 aliphatic rings. The molecule has 1 rings (SSSR count). The van der Waals surface area contributed by atoms with E-state index in [1.165, 1.54) is 38.5 Å². The molecule has 1 aliphatic carbocycles. The van der Waals surface area contributed by atoms with E-state index in [4.69, 9.17) is 8.85 Å². The van der Waals surface area contributed by atoms with Gasteiger partial charge in [-0.05, 0) is 24.8 Å². The molecule has 0 amide bonds. The monoisotopic (exact) mass is 242 g/mol. The van der Waals surface area contributed by atoms with Crippen LogP contribution in [0.1, 0.15) is 52.4 Å². The topological polar surface area (TPSA) is 18.5 Å². The zero-order chi connectivity index (χ0) is 11.8. The molecule has 2 nitrogen and oxygen atoms in total. The van der Waals surface area contributed by atoms with Crippen LogP contribution < -0.4 is 0 Å². The van der Waals surface area contributed by atoms with Crippen LogP contribution in [0, 0.1) is 5.92 Å². The van der Waals surface area contributed by atoms with Gasteiger partial charge in [-0.1, -0.05) is 39.5 Å². The lowest BCUT2D eigenvalue weighted by Crippen LogP contribution is -2.22. The minimum absolute atomic E-state index is 0.531. The Morgan fingerprint density at radius 1 is 1.12 bits per heavy atom. The van der Waals surface area contributed by atoms with Gasteiger partial charge in [0.25, 0.3) is 0 Å². The van der Waals surface area contributed by atoms with Gasteiger partial charge in [-0.3, -0.25) is 0 Å². The molecule has 1 saturated carbocycles. The fraction of sp³-hybridized carbons (Fsp3) is 0.846. The second-order valence-electron chi connectivity index (χ2n) is 5.06. The Bertz CT molecular complexity index is 196. The van der Waals surface area contributed by atoms with Crippen LogP contribution in [0.4, 0.5) is 0 Å². The summed E-state index contributed by atoms with van der Waals surface area (Å²) in [5.74, 6) is 0.737. The Labute approximate surface area is 102 Å². The van der Waals surface area contributed by atoms with Crippen molar-refractivity contribution in [3.8, 4) is 0 Å². The van der Waals surface area contributed by atoms with Crippen molar-refractivity contribution in [1.82, 2.24) is 0 Å². The molecule has 0 aliphatic heterocycles. The summed E-state index contributed by atoms with van der Waals surface area (Å²) in [7, 11) is 0.304. The van der Waals surface area contributed by atoms with Crippen LogP contribution in [-0.4, -0.2) is 16.4 Å². The van der Waals surface area contributed by atoms with Crippen LogP contribution in [0.25, 0.3) is 0 Å². The highest BCUT2D eigenvalue weighted by molar-refractivity contribution is 6.46. The first-order valence-corrected chi connectivity index (χ1v) is 8.20. The Morgan fingerprint density at radius 3 is 2.25 bits per heavy atom. The summed E-state index contributed by atoms with van der Waals surface area (Å²) in [4.78, 5) is 0. The molecule has 94 valence electrons. The number of hydrogen-bond donors (Lipinski definition) is 0. The molecule has 0 bridgehead atoms. The Morgan fingerprint density at radius 2 is 1.75 bits per heavy atom. The largest absolute Gasteiger partial charge is 0.529 e. The highest BCUT2D eigenvalue weighted by Gasteiger charge is 2.16. The lowest BCUT2D eigenvalue weighted by molar-refractivity contribution is 0.295. The van der Waals surface area contributed by atoms with E-state index in [9.17, 15) is 0 Å². The van der Waals surface area contributed by atoms with E-state index in [0.717, 1.165) is 5.92 Å². The summed E-state index contributed by atoms with van der Waals surface area (Å²) < 4.78 is 11.1. The van der Waals surface area contributed by atoms with E-state index >= 15 is 0 Å². The molecule has 0 N–H and O–H groups in total. The predicted octanol–water partition coefficient (Wildman–Crippen LogP) is 3.76. The summed E-state index contributed by atoms with van der Waals surface area (Å²) in [5, 5.41) is 0. The quantitative estimate of drug-likeness (QED) is 0.415. The highest BCUT2D eigenvalue weighted by Crippen LogP contribution is 2.23. The maximum Gasteiger partial charge on any atom is 0.384 e. The summed E-state index contributed by atoms with van der Waals surface area (Å²) >= 11 is 0. The normalized spacial score (nSPS) is 21.2. The molecule has 1 fully saturated rings. The summed E-state index contributed by atoms with van der Waals surface area (Å²) in [6.45, 7) is 4.33. The SMILES string of the molecule is CO[SiH](OC=CC1CCCCCC1)C(C)C. The first kappa shape index (κ1) is 13.8. The van der Waals surface area contributed by atoms with Gasteiger partial charge in [-0.25, -0.2) is 0 Å². The van der Waals surface area contributed by atoms with Gasteiger partial charge < -0.3 is 8.85 Å². The second kappa shape index (κ2) is 7.90. The van der Waals surface area contributed by atoms with Crippen LogP contribution in [0.5, 0.6) is 0 Å². The zero-order valence-corrected chi connectivity index (χ0v) is 12.1. The van der Waals surface area contributed by atoms with E-state index in [0.29, 0.717) is 5.54 Å². The standard InChI is InChI=1S/C13H26O2Si/c1-12(2)16(14-3)15-11-10-13-8-6-4-5-7-9-13/h10-13,16H,4-9H2,1-3H3. The van der Waals surface area contributed by atoms with E-state index in [1.54, 1.807) is 7.11 Å². The van der Waals surface area contributed by atoms with Crippen molar-refractivity contribution in [2.75, 3.05) is 7.11 Å². The van der Waals surface area contributed by atoms with Crippen LogP contribution in [-0.2, 0) is 8.85 Å². The molecular formula is C13H26O2Si. The maximum atomic E-state index is 5.73. The zero-order valence-electron chi connectivity index (χ0n) is 10.9. The molecule has 0 saturated heterocycles. The third-order valence-electron chi connectivity index (χ3n) is 3.24. The van der Waals surface area contributed by atoms with Crippen molar-refractivity contribution in [3.05, 3.63) is 12.3 Å². The van der Waals surface area contributed by atoms with Gasteiger partial charge >= 0.3 is 9.28 Å². The van der Waals surface area contributed by atoms with Gasteiger partial charge in [0.05, 0.1) is 6.26 Å². The van der Waals surface area contributed by atoms with Crippen LogP contribution >= 0.6 is 0 Å². The fourth-order valence-corrected chi connectivity index (χ4v) is 3.44. The van der Waals surface area contributed by atoms with Gasteiger partial charge in [0.15, 0.2) is 0 Å². The van der Waals surface area contributed by atoms with Crippen molar-refractivity contribution in [1.29, 1.82) is 0 Å². The number of rotatable bonds is 5. The minimum Gasteiger partial charge on any atom is -0.529 e. The summed E-state index contributed by atoms with van der Waals surface area (Å²) in [6.07, 6.45) is 12.4. The van der Waals surface area contributed by atoms with Gasteiger partial charge in [0, 0.05) is 12.7 Å². The van der Waals surface area contributed by atoms with Crippen molar-refractivity contribution in [2.45, 2.75) is 57.9 Å². The molecule has 0 aromatic carbocycles. The maximum absolute atomic E-state index is 5.73. The van der Waals surface area contributed by atoms with Crippen molar-refractivity contribution in [3.63, 3.8) is 0 Å². The molecule has 1 atom stereocenters. The first-order chi connectivity index (χ1) is 7.74. The molecule has 16 heavy (non-hydrogen) atoms. The minimum atomic E-state index is -1.46. The number of hydrogen-bond acceptors (Lipinski definition) is 2. The lowest BCUT2D eigenvalue weighted by atomic mass is 10.0. The van der Waals surface area contributed by atoms with Crippen molar-refractivity contribution < 1.29 is 8.85 Å². The highest BCUT2D eigenvalue weighted by atomic mass is 28.3. The molecule has 0 heterocycles. The summed E-state index contributed by atoms with van der Waals surface area (Å²) in [5.41, 5.74) is 0.531. The molecule has 0 aromatic heterocycles. The van der Waals surface area contributed by atoms with Crippen LogP contribution in [0.3, 0.4) is 0 Å². The van der Waals surface area contributed by atoms with Gasteiger partial charge in [0.2, 0.25) is 0 Å². The van der Waals surface area contributed by atoms with Crippen molar-refractivity contribution in [2.24, 2.45) is 5.92 Å². The third kappa shape index (κ3) is 5.17. The Hall–Kier alpha value is -0.283. The van der Waals surface area contributed by atoms with Crippen molar-refractivity contribution >= 4 is 9.28 Å². The van der Waals surface area contributed by atoms with Gasteiger partial charge in [-0.2, -0.15) is 0 Å². The molecule has 0 radical (unpaired) electrons. The lowest BCUT2D eigenvalue weighted by Gasteiger charge is -2.16. The molecule has 0 spiro atoms. The van der Waals surface area contributed by atoms with E-state index in [-0.39, 0.29) is 0 Å². The molecule has 1 unspecified atom stereocenters. The van der Waals surface area contributed by atoms with Gasteiger partial charge in [0.1, 0.15) is 0 Å². The Kier molecular flexibility index (Phi) is 6.81. The predicted molar refractivity (Wildman–Crippen MR) is 70.7 cm³/mol. The van der Waals surface area contributed by atoms with E-state index < -0.39 is 9.28 Å². The third-order valence-corrected chi connectivity index (χ3v) is 5.22. The van der Waals surface area contributed by atoms with E-state index in [1.807, 2.05) is 6.26 Å². The fourth-order valence-electron chi connectivity index (χ4n) is 2.22. The summed E-state index contributed by atoms with van der Waals surface area (Å²) in [6, 6.07) is 0. The first-order valence-electron chi connectivity index (χ1n) is 6.59. The Balaban J connectivity index is 2.28. The molecular weight excluding hydrogens is 216 g/mol. The van der Waals surface area contributed by atoms with E-state index in [2.05, 4.69) is 19.9 Å². The second-order valence-corrected chi connectivity index (χ2v) is 7.88. The van der Waals surface area contributed by atoms with Crippen LogP contribution in [0.15, 0.2) is 12.3 Å².